The van der Waals surface area contributed by atoms with E-state index in [9.17, 15) is 5.11 Å². The Bertz CT molecular complexity index is 340. The van der Waals surface area contributed by atoms with E-state index in [0.717, 1.165) is 43.3 Å². The molecule has 0 aromatic carbocycles. The van der Waals surface area contributed by atoms with Crippen molar-refractivity contribution in [3.63, 3.8) is 0 Å². The fraction of sp³-hybridized carbons (Fsp3) is 0.818. The van der Waals surface area contributed by atoms with E-state index in [-0.39, 0.29) is 6.10 Å². The number of rotatable bonds is 4. The van der Waals surface area contributed by atoms with Crippen LogP contribution in [-0.2, 0) is 6.42 Å². The smallest absolute Gasteiger partial charge is 0.205 e. The molecule has 0 aliphatic carbocycles. The molecule has 1 aromatic heterocycles. The minimum Gasteiger partial charge on any atom is -0.393 e. The highest BCUT2D eigenvalue weighted by molar-refractivity contribution is 7.09. The summed E-state index contributed by atoms with van der Waals surface area (Å²) in [6, 6.07) is 0. The molecule has 2 rings (SSSR count). The number of aromatic nitrogens is 2. The van der Waals surface area contributed by atoms with Crippen LogP contribution in [0.3, 0.4) is 0 Å². The lowest BCUT2D eigenvalue weighted by atomic mass is 10.0. The first-order chi connectivity index (χ1) is 7.70. The first-order valence-corrected chi connectivity index (χ1v) is 6.73. The third kappa shape index (κ3) is 2.52. The van der Waals surface area contributed by atoms with Gasteiger partial charge in [-0.2, -0.15) is 4.37 Å². The Balaban J connectivity index is 1.97. The Morgan fingerprint density at radius 2 is 2.44 bits per heavy atom. The summed E-state index contributed by atoms with van der Waals surface area (Å²) in [4.78, 5) is 6.77. The van der Waals surface area contributed by atoms with Crippen LogP contribution < -0.4 is 4.90 Å². The van der Waals surface area contributed by atoms with Gasteiger partial charge in [0.1, 0.15) is 5.82 Å². The summed E-state index contributed by atoms with van der Waals surface area (Å²) < 4.78 is 4.35. The number of aliphatic hydroxyl groups excluding tert-OH is 1. The van der Waals surface area contributed by atoms with Crippen LogP contribution in [0, 0.1) is 5.92 Å². The summed E-state index contributed by atoms with van der Waals surface area (Å²) >= 11 is 1.48. The van der Waals surface area contributed by atoms with E-state index in [2.05, 4.69) is 21.2 Å². The summed E-state index contributed by atoms with van der Waals surface area (Å²) in [6.07, 6.45) is 2.89. The number of aliphatic hydroxyl groups is 1. The van der Waals surface area contributed by atoms with Gasteiger partial charge in [-0.25, -0.2) is 4.98 Å². The van der Waals surface area contributed by atoms with Crippen molar-refractivity contribution in [1.82, 2.24) is 9.36 Å². The molecule has 1 aliphatic heterocycles. The van der Waals surface area contributed by atoms with Crippen LogP contribution in [0.2, 0.25) is 0 Å². The van der Waals surface area contributed by atoms with Crippen LogP contribution >= 0.6 is 11.5 Å². The summed E-state index contributed by atoms with van der Waals surface area (Å²) in [5.41, 5.74) is 0. The monoisotopic (exact) mass is 241 g/mol. The number of hydrogen-bond donors (Lipinski definition) is 1. The van der Waals surface area contributed by atoms with Gasteiger partial charge in [-0.05, 0) is 19.8 Å². The molecule has 2 heterocycles. The predicted octanol–water partition coefficient (Wildman–Crippen LogP) is 1.70. The molecular formula is C11H19N3OS. The van der Waals surface area contributed by atoms with Crippen LogP contribution in [0.4, 0.5) is 5.13 Å². The highest BCUT2D eigenvalue weighted by Crippen LogP contribution is 2.27. The Labute approximate surface area is 100 Å². The minimum atomic E-state index is -0.215. The zero-order valence-corrected chi connectivity index (χ0v) is 10.7. The zero-order valence-electron chi connectivity index (χ0n) is 9.89. The van der Waals surface area contributed by atoms with Crippen molar-refractivity contribution >= 4 is 16.7 Å². The standard InChI is InChI=1S/C11H19N3OS/c1-3-4-10-12-11(16-13-10)14-6-5-9(7-14)8(2)15/h8-9,15H,3-7H2,1-2H3. The average Bonchev–Trinajstić information content (AvgIpc) is 2.84. The van der Waals surface area contributed by atoms with Gasteiger partial charge >= 0.3 is 0 Å². The van der Waals surface area contributed by atoms with Crippen molar-refractivity contribution in [3.8, 4) is 0 Å². The lowest BCUT2D eigenvalue weighted by molar-refractivity contribution is 0.136. The first kappa shape index (κ1) is 11.8. The summed E-state index contributed by atoms with van der Waals surface area (Å²) in [5, 5.41) is 10.6. The largest absolute Gasteiger partial charge is 0.393 e. The molecule has 1 fully saturated rings. The third-order valence-corrected chi connectivity index (χ3v) is 3.92. The van der Waals surface area contributed by atoms with Gasteiger partial charge in [-0.15, -0.1) is 0 Å². The summed E-state index contributed by atoms with van der Waals surface area (Å²) in [7, 11) is 0. The molecule has 1 saturated heterocycles. The molecule has 16 heavy (non-hydrogen) atoms. The van der Waals surface area contributed by atoms with Crippen molar-refractivity contribution in [3.05, 3.63) is 5.82 Å². The van der Waals surface area contributed by atoms with Crippen LogP contribution in [-0.4, -0.2) is 33.7 Å². The molecule has 0 saturated carbocycles. The number of nitrogens with zero attached hydrogens (tertiary/aromatic N) is 3. The van der Waals surface area contributed by atoms with Gasteiger partial charge < -0.3 is 10.0 Å². The molecule has 0 amide bonds. The van der Waals surface area contributed by atoms with E-state index in [1.807, 2.05) is 6.92 Å². The van der Waals surface area contributed by atoms with E-state index in [4.69, 9.17) is 0 Å². The van der Waals surface area contributed by atoms with Gasteiger partial charge in [0.25, 0.3) is 0 Å². The molecule has 0 bridgehead atoms. The first-order valence-electron chi connectivity index (χ1n) is 5.96. The molecule has 1 N–H and O–H groups in total. The maximum absolute atomic E-state index is 9.55. The van der Waals surface area contributed by atoms with Gasteiger partial charge in [0.15, 0.2) is 0 Å². The Hall–Kier alpha value is -0.680. The Kier molecular flexibility index (Phi) is 3.76. The van der Waals surface area contributed by atoms with Crippen LogP contribution in [0.15, 0.2) is 0 Å². The molecule has 2 atom stereocenters. The lowest BCUT2D eigenvalue weighted by Crippen LogP contribution is -2.23. The molecule has 0 spiro atoms. The van der Waals surface area contributed by atoms with E-state index < -0.39 is 0 Å². The average molecular weight is 241 g/mol. The second-order valence-electron chi connectivity index (χ2n) is 4.48. The lowest BCUT2D eigenvalue weighted by Gasteiger charge is -2.15. The Morgan fingerprint density at radius 1 is 1.62 bits per heavy atom. The minimum absolute atomic E-state index is 0.215. The number of anilines is 1. The van der Waals surface area contributed by atoms with Crippen LogP contribution in [0.25, 0.3) is 0 Å². The van der Waals surface area contributed by atoms with Crippen LogP contribution in [0.5, 0.6) is 0 Å². The normalized spacial score (nSPS) is 22.7. The molecular weight excluding hydrogens is 222 g/mol. The van der Waals surface area contributed by atoms with Gasteiger partial charge in [0.05, 0.1) is 6.10 Å². The maximum atomic E-state index is 9.55. The highest BCUT2D eigenvalue weighted by Gasteiger charge is 2.27. The van der Waals surface area contributed by atoms with E-state index in [1.165, 1.54) is 11.5 Å². The third-order valence-electron chi connectivity index (χ3n) is 3.11. The highest BCUT2D eigenvalue weighted by atomic mass is 32.1. The van der Waals surface area contributed by atoms with Crippen LogP contribution in [0.1, 0.15) is 32.5 Å². The molecule has 1 aliphatic rings. The molecule has 90 valence electrons. The molecule has 2 unspecified atom stereocenters. The van der Waals surface area contributed by atoms with Gasteiger partial charge in [-0.1, -0.05) is 6.92 Å². The van der Waals surface area contributed by atoms with Crippen molar-refractivity contribution < 1.29 is 5.11 Å². The zero-order chi connectivity index (χ0) is 11.5. The quantitative estimate of drug-likeness (QED) is 0.871. The summed E-state index contributed by atoms with van der Waals surface area (Å²) in [6.45, 7) is 5.92. The molecule has 4 nitrogen and oxygen atoms in total. The van der Waals surface area contributed by atoms with Gasteiger partial charge in [0.2, 0.25) is 5.13 Å². The number of hydrogen-bond acceptors (Lipinski definition) is 5. The second kappa shape index (κ2) is 5.10. The maximum Gasteiger partial charge on any atom is 0.205 e. The van der Waals surface area contributed by atoms with E-state index in [0.29, 0.717) is 5.92 Å². The Morgan fingerprint density at radius 3 is 3.06 bits per heavy atom. The van der Waals surface area contributed by atoms with Gasteiger partial charge in [0, 0.05) is 37.0 Å². The fourth-order valence-electron chi connectivity index (χ4n) is 2.05. The van der Waals surface area contributed by atoms with E-state index >= 15 is 0 Å². The summed E-state index contributed by atoms with van der Waals surface area (Å²) in [5.74, 6) is 1.35. The predicted molar refractivity (Wildman–Crippen MR) is 65.9 cm³/mol. The SMILES string of the molecule is CCCc1nsc(N2CCC(C(C)O)C2)n1. The number of aryl methyl sites for hydroxylation is 1. The topological polar surface area (TPSA) is 49.2 Å². The van der Waals surface area contributed by atoms with Crippen molar-refractivity contribution in [2.45, 2.75) is 39.2 Å². The molecule has 0 radical (unpaired) electrons. The second-order valence-corrected chi connectivity index (χ2v) is 5.21. The van der Waals surface area contributed by atoms with Crippen molar-refractivity contribution in [2.24, 2.45) is 5.92 Å². The van der Waals surface area contributed by atoms with E-state index in [1.54, 1.807) is 0 Å². The molecule has 1 aromatic rings. The van der Waals surface area contributed by atoms with Crippen molar-refractivity contribution in [1.29, 1.82) is 0 Å². The fourth-order valence-corrected chi connectivity index (χ4v) is 2.80. The van der Waals surface area contributed by atoms with Crippen molar-refractivity contribution in [2.75, 3.05) is 18.0 Å². The van der Waals surface area contributed by atoms with Gasteiger partial charge in [-0.3, -0.25) is 0 Å². The molecule has 5 heteroatoms.